The van der Waals surface area contributed by atoms with Gasteiger partial charge in [-0.1, -0.05) is 0 Å². The van der Waals surface area contributed by atoms with Crippen molar-refractivity contribution < 1.29 is 4.73 Å². The van der Waals surface area contributed by atoms with E-state index in [0.717, 1.165) is 48.0 Å². The number of anilines is 2. The normalized spacial score (nSPS) is 11.3. The Bertz CT molecular complexity index is 1270. The van der Waals surface area contributed by atoms with E-state index in [-0.39, 0.29) is 0 Å². The number of rotatable bonds is 3. The Morgan fingerprint density at radius 3 is 2.78 bits per heavy atom. The first-order chi connectivity index (χ1) is 13.2. The van der Waals surface area contributed by atoms with Crippen molar-refractivity contribution in [3.8, 4) is 10.4 Å². The SMILES string of the molecule is Cc1cc2cc(Nc3ccnc4cc(-c5cc[n+]([O-])cc5)sc34)ccc2[nH]1. The lowest BCUT2D eigenvalue weighted by Gasteiger charge is -2.07. The Labute approximate surface area is 159 Å². The van der Waals surface area contributed by atoms with Crippen LogP contribution in [-0.2, 0) is 0 Å². The third-order valence-electron chi connectivity index (χ3n) is 4.53. The largest absolute Gasteiger partial charge is 0.619 e. The summed E-state index contributed by atoms with van der Waals surface area (Å²) in [6.45, 7) is 2.06. The molecule has 4 aromatic heterocycles. The molecule has 27 heavy (non-hydrogen) atoms. The van der Waals surface area contributed by atoms with Gasteiger partial charge in [-0.3, -0.25) is 4.98 Å². The second kappa shape index (κ2) is 6.10. The second-order valence-corrected chi connectivity index (χ2v) is 7.56. The number of hydrogen-bond acceptors (Lipinski definition) is 4. The molecule has 0 aliphatic rings. The lowest BCUT2D eigenvalue weighted by Crippen LogP contribution is -2.23. The van der Waals surface area contributed by atoms with Gasteiger partial charge in [-0.2, -0.15) is 4.73 Å². The quantitative estimate of drug-likeness (QED) is 0.341. The van der Waals surface area contributed by atoms with Crippen LogP contribution >= 0.6 is 11.3 Å². The number of aromatic amines is 1. The molecule has 0 radical (unpaired) electrons. The van der Waals surface area contributed by atoms with Gasteiger partial charge in [0, 0.05) is 51.1 Å². The zero-order valence-corrected chi connectivity index (χ0v) is 15.4. The summed E-state index contributed by atoms with van der Waals surface area (Å²) in [6, 6.07) is 16.2. The van der Waals surface area contributed by atoms with Crippen LogP contribution < -0.4 is 10.0 Å². The number of hydrogen-bond donors (Lipinski definition) is 2. The third-order valence-corrected chi connectivity index (χ3v) is 5.74. The molecular weight excluding hydrogens is 356 g/mol. The van der Waals surface area contributed by atoms with E-state index in [1.165, 1.54) is 17.8 Å². The Morgan fingerprint density at radius 1 is 1.07 bits per heavy atom. The van der Waals surface area contributed by atoms with E-state index in [4.69, 9.17) is 0 Å². The van der Waals surface area contributed by atoms with Crippen molar-refractivity contribution in [2.24, 2.45) is 0 Å². The number of H-pyrrole nitrogens is 1. The number of benzene rings is 1. The monoisotopic (exact) mass is 372 g/mol. The number of thiophene rings is 1. The number of aromatic nitrogens is 3. The molecule has 0 saturated heterocycles. The van der Waals surface area contributed by atoms with Gasteiger partial charge < -0.3 is 15.5 Å². The Hall–Kier alpha value is -3.38. The van der Waals surface area contributed by atoms with Gasteiger partial charge in [0.05, 0.1) is 15.9 Å². The molecule has 132 valence electrons. The van der Waals surface area contributed by atoms with E-state index >= 15 is 0 Å². The van der Waals surface area contributed by atoms with Crippen LogP contribution in [0.15, 0.2) is 67.1 Å². The molecular formula is C21H16N4OS. The van der Waals surface area contributed by atoms with Crippen LogP contribution in [0.2, 0.25) is 0 Å². The molecule has 0 bridgehead atoms. The van der Waals surface area contributed by atoms with Gasteiger partial charge in [-0.25, -0.2) is 0 Å². The highest BCUT2D eigenvalue weighted by Crippen LogP contribution is 2.37. The minimum absolute atomic E-state index is 0.793. The Morgan fingerprint density at radius 2 is 1.93 bits per heavy atom. The smallest absolute Gasteiger partial charge is 0.180 e. The average molecular weight is 372 g/mol. The van der Waals surface area contributed by atoms with E-state index in [0.29, 0.717) is 0 Å². The molecule has 5 nitrogen and oxygen atoms in total. The number of nitrogens with zero attached hydrogens (tertiary/aromatic N) is 2. The predicted octanol–water partition coefficient (Wildman–Crippen LogP) is 5.13. The van der Waals surface area contributed by atoms with Gasteiger partial charge >= 0.3 is 0 Å². The van der Waals surface area contributed by atoms with Crippen molar-refractivity contribution in [1.29, 1.82) is 0 Å². The summed E-state index contributed by atoms with van der Waals surface area (Å²) in [4.78, 5) is 8.93. The van der Waals surface area contributed by atoms with E-state index in [9.17, 15) is 5.21 Å². The van der Waals surface area contributed by atoms with Gasteiger partial charge in [-0.15, -0.1) is 11.3 Å². The second-order valence-electron chi connectivity index (χ2n) is 6.51. The first-order valence-electron chi connectivity index (χ1n) is 8.60. The van der Waals surface area contributed by atoms with Gasteiger partial charge in [0.25, 0.3) is 0 Å². The Kier molecular flexibility index (Phi) is 3.58. The molecule has 2 N–H and O–H groups in total. The summed E-state index contributed by atoms with van der Waals surface area (Å²) in [5.74, 6) is 0. The summed E-state index contributed by atoms with van der Waals surface area (Å²) in [6.07, 6.45) is 4.84. The standard InChI is InChI=1S/C21H16N4OS/c1-13-10-15-11-16(2-3-17(15)23-13)24-18-4-7-22-19-12-20(27-21(18)19)14-5-8-25(26)9-6-14/h2-12,23H,1H3,(H,22,24). The molecule has 0 aliphatic carbocycles. The van der Waals surface area contributed by atoms with Crippen LogP contribution in [0.3, 0.4) is 0 Å². The number of fused-ring (bicyclic) bond motifs is 2. The summed E-state index contributed by atoms with van der Waals surface area (Å²) < 4.78 is 1.89. The van der Waals surface area contributed by atoms with Crippen molar-refractivity contribution in [3.05, 3.63) is 78.0 Å². The average Bonchev–Trinajstić information content (AvgIpc) is 3.25. The van der Waals surface area contributed by atoms with Crippen LogP contribution in [-0.4, -0.2) is 9.97 Å². The summed E-state index contributed by atoms with van der Waals surface area (Å²) >= 11 is 1.67. The molecule has 0 unspecified atom stereocenters. The maximum Gasteiger partial charge on any atom is 0.180 e. The molecule has 0 atom stereocenters. The van der Waals surface area contributed by atoms with E-state index in [1.54, 1.807) is 11.3 Å². The molecule has 0 aliphatic heterocycles. The fourth-order valence-electron chi connectivity index (χ4n) is 3.27. The van der Waals surface area contributed by atoms with Crippen molar-refractivity contribution in [1.82, 2.24) is 9.97 Å². The fourth-order valence-corrected chi connectivity index (χ4v) is 4.36. The van der Waals surface area contributed by atoms with Crippen LogP contribution in [0.1, 0.15) is 5.69 Å². The summed E-state index contributed by atoms with van der Waals surface area (Å²) in [5, 5.41) is 16.0. The number of aryl methyl sites for hydroxylation is 1. The molecule has 0 amide bonds. The zero-order chi connectivity index (χ0) is 18.4. The maximum absolute atomic E-state index is 11.3. The zero-order valence-electron chi connectivity index (χ0n) is 14.6. The van der Waals surface area contributed by atoms with Crippen LogP contribution in [0.25, 0.3) is 31.6 Å². The number of nitrogens with one attached hydrogen (secondary N) is 2. The maximum atomic E-state index is 11.3. The van der Waals surface area contributed by atoms with E-state index in [2.05, 4.69) is 52.5 Å². The Balaban J connectivity index is 1.55. The van der Waals surface area contributed by atoms with Crippen LogP contribution in [0, 0.1) is 12.1 Å². The van der Waals surface area contributed by atoms with Gasteiger partial charge in [0.2, 0.25) is 0 Å². The highest BCUT2D eigenvalue weighted by Gasteiger charge is 2.10. The first kappa shape index (κ1) is 15.8. The molecule has 5 rings (SSSR count). The highest BCUT2D eigenvalue weighted by atomic mass is 32.1. The minimum Gasteiger partial charge on any atom is -0.619 e. The highest BCUT2D eigenvalue weighted by molar-refractivity contribution is 7.22. The van der Waals surface area contributed by atoms with Crippen LogP contribution in [0.4, 0.5) is 11.4 Å². The molecule has 0 fully saturated rings. The molecule has 0 spiro atoms. The van der Waals surface area contributed by atoms with Crippen LogP contribution in [0.5, 0.6) is 0 Å². The predicted molar refractivity (Wildman–Crippen MR) is 110 cm³/mol. The van der Waals surface area contributed by atoms with Crippen molar-refractivity contribution in [2.45, 2.75) is 6.92 Å². The molecule has 1 aromatic carbocycles. The summed E-state index contributed by atoms with van der Waals surface area (Å²) in [5.41, 5.74) is 6.31. The van der Waals surface area contributed by atoms with E-state index in [1.807, 2.05) is 24.4 Å². The molecule has 6 heteroatoms. The van der Waals surface area contributed by atoms with Gasteiger partial charge in [0.1, 0.15) is 0 Å². The van der Waals surface area contributed by atoms with Crippen molar-refractivity contribution >= 4 is 43.8 Å². The fraction of sp³-hybridized carbons (Fsp3) is 0.0476. The van der Waals surface area contributed by atoms with Gasteiger partial charge in [0.15, 0.2) is 12.4 Å². The molecule has 0 saturated carbocycles. The minimum atomic E-state index is 0.793. The van der Waals surface area contributed by atoms with Crippen molar-refractivity contribution in [3.63, 3.8) is 0 Å². The lowest BCUT2D eigenvalue weighted by atomic mass is 10.2. The topological polar surface area (TPSA) is 67.7 Å². The van der Waals surface area contributed by atoms with Gasteiger partial charge in [-0.05, 0) is 43.3 Å². The molecule has 4 heterocycles. The molecule has 5 aromatic rings. The lowest BCUT2D eigenvalue weighted by molar-refractivity contribution is -0.605. The summed E-state index contributed by atoms with van der Waals surface area (Å²) in [7, 11) is 0. The van der Waals surface area contributed by atoms with Crippen molar-refractivity contribution in [2.75, 3.05) is 5.32 Å². The first-order valence-corrected chi connectivity index (χ1v) is 9.41. The third kappa shape index (κ3) is 2.90. The number of pyridine rings is 2. The van der Waals surface area contributed by atoms with E-state index < -0.39 is 0 Å².